The summed E-state index contributed by atoms with van der Waals surface area (Å²) in [6.07, 6.45) is 4.76. The Morgan fingerprint density at radius 3 is 3.05 bits per heavy atom. The number of carbonyl (C=O) groups is 1. The van der Waals surface area contributed by atoms with E-state index in [1.807, 2.05) is 6.92 Å². The summed E-state index contributed by atoms with van der Waals surface area (Å²) >= 11 is 0. The number of hydrogen-bond acceptors (Lipinski definition) is 6. The zero-order valence-electron chi connectivity index (χ0n) is 10.9. The van der Waals surface area contributed by atoms with Crippen LogP contribution in [-0.4, -0.2) is 30.8 Å². The molecule has 0 amide bonds. The van der Waals surface area contributed by atoms with Crippen molar-refractivity contribution in [2.45, 2.75) is 13.8 Å². The van der Waals surface area contributed by atoms with E-state index in [1.165, 1.54) is 13.3 Å². The molecular formula is C12H12N6O2. The summed E-state index contributed by atoms with van der Waals surface area (Å²) in [7, 11) is 0. The van der Waals surface area contributed by atoms with Crippen molar-refractivity contribution in [1.29, 1.82) is 0 Å². The number of aromatic amines is 1. The van der Waals surface area contributed by atoms with Crippen LogP contribution in [0.15, 0.2) is 24.8 Å². The van der Waals surface area contributed by atoms with Crippen LogP contribution in [0.25, 0.3) is 5.52 Å². The van der Waals surface area contributed by atoms with Gasteiger partial charge in [-0.1, -0.05) is 0 Å². The van der Waals surface area contributed by atoms with E-state index >= 15 is 0 Å². The van der Waals surface area contributed by atoms with Crippen LogP contribution in [0.5, 0.6) is 5.75 Å². The fraction of sp³-hybridized carbons (Fsp3) is 0.167. The maximum absolute atomic E-state index is 11.1. The Hall–Kier alpha value is -2.90. The Bertz CT molecular complexity index is 762. The quantitative estimate of drug-likeness (QED) is 0.700. The number of esters is 1. The van der Waals surface area contributed by atoms with E-state index in [0.29, 0.717) is 17.4 Å². The highest BCUT2D eigenvalue weighted by Crippen LogP contribution is 2.29. The summed E-state index contributed by atoms with van der Waals surface area (Å²) in [6.45, 7) is 3.20. The van der Waals surface area contributed by atoms with Gasteiger partial charge < -0.3 is 10.1 Å². The monoisotopic (exact) mass is 272 g/mol. The van der Waals surface area contributed by atoms with Gasteiger partial charge in [0.1, 0.15) is 11.8 Å². The van der Waals surface area contributed by atoms with E-state index in [-0.39, 0.29) is 5.97 Å². The number of nitrogens with one attached hydrogen (secondary N) is 2. The predicted molar refractivity (Wildman–Crippen MR) is 70.9 cm³/mol. The van der Waals surface area contributed by atoms with Crippen molar-refractivity contribution in [3.05, 3.63) is 30.4 Å². The van der Waals surface area contributed by atoms with Gasteiger partial charge in [-0.3, -0.25) is 9.89 Å². The number of rotatable bonds is 3. The van der Waals surface area contributed by atoms with Crippen molar-refractivity contribution in [3.63, 3.8) is 0 Å². The second-order valence-corrected chi connectivity index (χ2v) is 4.20. The van der Waals surface area contributed by atoms with Crippen LogP contribution in [-0.2, 0) is 4.79 Å². The number of ether oxygens (including phenoxy) is 1. The van der Waals surface area contributed by atoms with Gasteiger partial charge in [-0.05, 0) is 6.92 Å². The molecule has 20 heavy (non-hydrogen) atoms. The number of nitrogens with zero attached hydrogens (tertiary/aromatic N) is 4. The second kappa shape index (κ2) is 4.65. The maximum atomic E-state index is 11.1. The molecule has 0 radical (unpaired) electrons. The molecule has 3 aromatic rings. The van der Waals surface area contributed by atoms with E-state index in [9.17, 15) is 4.79 Å². The fourth-order valence-electron chi connectivity index (χ4n) is 1.94. The van der Waals surface area contributed by atoms with Gasteiger partial charge in [-0.25, -0.2) is 9.50 Å². The number of carbonyl (C=O) groups excluding carboxylic acids is 1. The summed E-state index contributed by atoms with van der Waals surface area (Å²) in [5.74, 6) is 1.31. The zero-order chi connectivity index (χ0) is 14.1. The molecule has 0 spiro atoms. The molecule has 0 aliphatic heterocycles. The molecule has 0 saturated carbocycles. The minimum atomic E-state index is -0.376. The van der Waals surface area contributed by atoms with Crippen LogP contribution in [0.2, 0.25) is 0 Å². The molecule has 0 aromatic carbocycles. The molecular weight excluding hydrogens is 260 g/mol. The zero-order valence-corrected chi connectivity index (χ0v) is 10.9. The summed E-state index contributed by atoms with van der Waals surface area (Å²) in [6, 6.07) is 1.78. The van der Waals surface area contributed by atoms with Gasteiger partial charge in [0.2, 0.25) is 0 Å². The first-order chi connectivity index (χ1) is 9.65. The van der Waals surface area contributed by atoms with E-state index in [2.05, 4.69) is 25.6 Å². The van der Waals surface area contributed by atoms with Gasteiger partial charge in [0.15, 0.2) is 17.4 Å². The van der Waals surface area contributed by atoms with Gasteiger partial charge in [0, 0.05) is 24.8 Å². The van der Waals surface area contributed by atoms with E-state index < -0.39 is 0 Å². The largest absolute Gasteiger partial charge is 0.425 e. The first-order valence-corrected chi connectivity index (χ1v) is 5.93. The molecule has 0 saturated heterocycles. The molecule has 0 bridgehead atoms. The van der Waals surface area contributed by atoms with Crippen LogP contribution in [0.1, 0.15) is 12.5 Å². The van der Waals surface area contributed by atoms with Crippen molar-refractivity contribution in [2.24, 2.45) is 0 Å². The molecule has 0 atom stereocenters. The second-order valence-electron chi connectivity index (χ2n) is 4.20. The Balaban J connectivity index is 2.08. The molecule has 3 heterocycles. The molecule has 8 heteroatoms. The number of H-pyrrole nitrogens is 1. The van der Waals surface area contributed by atoms with E-state index in [4.69, 9.17) is 4.74 Å². The molecule has 3 aromatic heterocycles. The van der Waals surface area contributed by atoms with Crippen LogP contribution < -0.4 is 10.1 Å². The predicted octanol–water partition coefficient (Wildman–Crippen LogP) is 1.43. The highest BCUT2D eigenvalue weighted by molar-refractivity contribution is 5.79. The SMILES string of the molecule is CC(=O)Oc1cn2ncnc(Nc3cc[nH]n3)c2c1C. The lowest BCUT2D eigenvalue weighted by Crippen LogP contribution is -2.01. The summed E-state index contributed by atoms with van der Waals surface area (Å²) in [5.41, 5.74) is 1.51. The van der Waals surface area contributed by atoms with Gasteiger partial charge in [-0.2, -0.15) is 10.2 Å². The van der Waals surface area contributed by atoms with Crippen molar-refractivity contribution in [2.75, 3.05) is 5.32 Å². The first-order valence-electron chi connectivity index (χ1n) is 5.93. The van der Waals surface area contributed by atoms with Crippen molar-refractivity contribution in [1.82, 2.24) is 24.8 Å². The van der Waals surface area contributed by atoms with Crippen LogP contribution in [0, 0.1) is 6.92 Å². The lowest BCUT2D eigenvalue weighted by molar-refractivity contribution is -0.131. The Kier molecular flexibility index (Phi) is 2.82. The normalized spacial score (nSPS) is 10.7. The minimum absolute atomic E-state index is 0.376. The Labute approximate surface area is 113 Å². The summed E-state index contributed by atoms with van der Waals surface area (Å²) in [4.78, 5) is 15.3. The van der Waals surface area contributed by atoms with Gasteiger partial charge >= 0.3 is 5.97 Å². The number of fused-ring (bicyclic) bond motifs is 1. The minimum Gasteiger partial charge on any atom is -0.425 e. The summed E-state index contributed by atoms with van der Waals surface area (Å²) in [5, 5.41) is 13.9. The molecule has 102 valence electrons. The smallest absolute Gasteiger partial charge is 0.308 e. The number of hydrogen-bond donors (Lipinski definition) is 2. The van der Waals surface area contributed by atoms with E-state index in [0.717, 1.165) is 11.1 Å². The highest BCUT2D eigenvalue weighted by atomic mass is 16.5. The van der Waals surface area contributed by atoms with Crippen molar-refractivity contribution in [3.8, 4) is 5.75 Å². The lowest BCUT2D eigenvalue weighted by Gasteiger charge is -2.04. The average molecular weight is 272 g/mol. The Morgan fingerprint density at radius 1 is 1.50 bits per heavy atom. The van der Waals surface area contributed by atoms with Gasteiger partial charge in [0.25, 0.3) is 0 Å². The first kappa shape index (κ1) is 12.2. The molecule has 0 aliphatic rings. The molecule has 8 nitrogen and oxygen atoms in total. The molecule has 2 N–H and O–H groups in total. The molecule has 0 fully saturated rings. The maximum Gasteiger partial charge on any atom is 0.308 e. The number of anilines is 2. The topological polar surface area (TPSA) is 97.2 Å². The molecule has 3 rings (SSSR count). The van der Waals surface area contributed by atoms with Crippen molar-refractivity contribution < 1.29 is 9.53 Å². The molecule has 0 aliphatic carbocycles. The van der Waals surface area contributed by atoms with Crippen LogP contribution in [0.3, 0.4) is 0 Å². The Morgan fingerprint density at radius 2 is 2.35 bits per heavy atom. The lowest BCUT2D eigenvalue weighted by atomic mass is 10.3. The van der Waals surface area contributed by atoms with E-state index in [1.54, 1.807) is 23.0 Å². The summed E-state index contributed by atoms with van der Waals surface area (Å²) < 4.78 is 6.75. The third-order valence-corrected chi connectivity index (χ3v) is 2.78. The average Bonchev–Trinajstić information content (AvgIpc) is 2.99. The van der Waals surface area contributed by atoms with Crippen molar-refractivity contribution >= 4 is 23.1 Å². The number of aryl methyl sites for hydroxylation is 1. The third-order valence-electron chi connectivity index (χ3n) is 2.78. The van der Waals surface area contributed by atoms with Crippen LogP contribution >= 0.6 is 0 Å². The molecule has 0 unspecified atom stereocenters. The highest BCUT2D eigenvalue weighted by Gasteiger charge is 2.15. The third kappa shape index (κ3) is 2.07. The fourth-order valence-corrected chi connectivity index (χ4v) is 1.94. The number of aromatic nitrogens is 5. The standard InChI is InChI=1S/C12H12N6O2/c1-7-9(20-8(2)19)5-18-11(7)12(13-6-15-18)16-10-3-4-14-17-10/h3-6H,1-2H3,(H2,13,14,15,16,17). The van der Waals surface area contributed by atoms with Gasteiger partial charge in [-0.15, -0.1) is 0 Å². The van der Waals surface area contributed by atoms with Gasteiger partial charge in [0.05, 0.1) is 6.20 Å². The van der Waals surface area contributed by atoms with Crippen LogP contribution in [0.4, 0.5) is 11.6 Å².